The van der Waals surface area contributed by atoms with Crippen LogP contribution in [0.1, 0.15) is 32.3 Å². The molecule has 0 bridgehead atoms. The largest absolute Gasteiger partial charge is 0.317 e. The fourth-order valence-corrected chi connectivity index (χ4v) is 2.72. The van der Waals surface area contributed by atoms with Gasteiger partial charge in [0.15, 0.2) is 0 Å². The molecule has 1 heterocycles. The van der Waals surface area contributed by atoms with E-state index in [1.807, 2.05) is 6.07 Å². The number of nitrogens with one attached hydrogen (secondary N) is 1. The molecule has 0 saturated carbocycles. The van der Waals surface area contributed by atoms with Gasteiger partial charge in [0.2, 0.25) is 0 Å². The predicted molar refractivity (Wildman–Crippen MR) is 77.5 cm³/mol. The van der Waals surface area contributed by atoms with Crippen LogP contribution in [0.2, 0.25) is 0 Å². The summed E-state index contributed by atoms with van der Waals surface area (Å²) in [6, 6.07) is 7.47. The Kier molecular flexibility index (Phi) is 5.34. The number of hydrogen-bond donors (Lipinski definition) is 1. The first-order valence-corrected chi connectivity index (χ1v) is 7.34. The molecule has 1 saturated heterocycles. The molecule has 0 aromatic heterocycles. The number of hydrogen-bond acceptors (Lipinski definition) is 2. The maximum absolute atomic E-state index is 13.3. The van der Waals surface area contributed by atoms with Crippen molar-refractivity contribution in [1.82, 2.24) is 10.2 Å². The van der Waals surface area contributed by atoms with Crippen molar-refractivity contribution in [3.05, 3.63) is 35.6 Å². The van der Waals surface area contributed by atoms with Gasteiger partial charge in [0.25, 0.3) is 0 Å². The van der Waals surface area contributed by atoms with Gasteiger partial charge in [-0.3, -0.25) is 4.90 Å². The third kappa shape index (κ3) is 4.59. The van der Waals surface area contributed by atoms with Crippen molar-refractivity contribution in [3.63, 3.8) is 0 Å². The van der Waals surface area contributed by atoms with Gasteiger partial charge in [0, 0.05) is 19.1 Å². The fourth-order valence-electron chi connectivity index (χ4n) is 2.72. The predicted octanol–water partition coefficient (Wildman–Crippen LogP) is 3.04. The first kappa shape index (κ1) is 14.5. The molecule has 1 aliphatic rings. The van der Waals surface area contributed by atoms with Crippen molar-refractivity contribution < 1.29 is 4.39 Å². The maximum atomic E-state index is 13.3. The van der Waals surface area contributed by atoms with Crippen LogP contribution in [-0.4, -0.2) is 30.6 Å². The van der Waals surface area contributed by atoms with Crippen molar-refractivity contribution >= 4 is 0 Å². The summed E-state index contributed by atoms with van der Waals surface area (Å²) in [6.45, 7) is 8.68. The van der Waals surface area contributed by atoms with Gasteiger partial charge in [-0.15, -0.1) is 0 Å². The second-order valence-corrected chi connectivity index (χ2v) is 5.85. The number of benzene rings is 1. The maximum Gasteiger partial charge on any atom is 0.123 e. The molecule has 0 aliphatic carbocycles. The Balaban J connectivity index is 1.95. The van der Waals surface area contributed by atoms with E-state index in [9.17, 15) is 4.39 Å². The van der Waals surface area contributed by atoms with Crippen LogP contribution in [0.4, 0.5) is 4.39 Å². The van der Waals surface area contributed by atoms with Crippen molar-refractivity contribution in [2.45, 2.75) is 39.3 Å². The summed E-state index contributed by atoms with van der Waals surface area (Å²) < 4.78 is 13.3. The Morgan fingerprint density at radius 1 is 1.32 bits per heavy atom. The lowest BCUT2D eigenvalue weighted by Crippen LogP contribution is -2.39. The highest BCUT2D eigenvalue weighted by molar-refractivity contribution is 5.16. The molecule has 19 heavy (non-hydrogen) atoms. The molecule has 3 heteroatoms. The summed E-state index contributed by atoms with van der Waals surface area (Å²) in [5, 5.41) is 3.41. The summed E-state index contributed by atoms with van der Waals surface area (Å²) in [7, 11) is 0. The van der Waals surface area contributed by atoms with E-state index in [4.69, 9.17) is 0 Å². The minimum absolute atomic E-state index is 0.136. The van der Waals surface area contributed by atoms with E-state index < -0.39 is 0 Å². The van der Waals surface area contributed by atoms with Crippen LogP contribution >= 0.6 is 0 Å². The zero-order chi connectivity index (χ0) is 13.7. The lowest BCUT2D eigenvalue weighted by atomic mass is 9.96. The summed E-state index contributed by atoms with van der Waals surface area (Å²) in [4.78, 5) is 2.46. The Morgan fingerprint density at radius 2 is 2.05 bits per heavy atom. The van der Waals surface area contributed by atoms with Gasteiger partial charge in [-0.25, -0.2) is 4.39 Å². The van der Waals surface area contributed by atoms with E-state index >= 15 is 0 Å². The molecule has 1 aromatic carbocycles. The third-order valence-corrected chi connectivity index (χ3v) is 3.96. The second kappa shape index (κ2) is 7.01. The van der Waals surface area contributed by atoms with E-state index in [0.717, 1.165) is 37.7 Å². The van der Waals surface area contributed by atoms with E-state index in [1.165, 1.54) is 18.9 Å². The number of piperidine rings is 1. The molecule has 2 rings (SSSR count). The Labute approximate surface area is 116 Å². The molecule has 1 aromatic rings. The van der Waals surface area contributed by atoms with Crippen molar-refractivity contribution in [1.29, 1.82) is 0 Å². The van der Waals surface area contributed by atoms with Gasteiger partial charge in [-0.05, 0) is 63.4 Å². The number of nitrogens with zero attached hydrogens (tertiary/aromatic N) is 1. The monoisotopic (exact) mass is 264 g/mol. The SMILES string of the molecule is CC(C)N(Cc1cccc(F)c1)CC1CCNCC1. The minimum Gasteiger partial charge on any atom is -0.317 e. The van der Waals surface area contributed by atoms with Gasteiger partial charge >= 0.3 is 0 Å². The summed E-state index contributed by atoms with van der Waals surface area (Å²) in [5.41, 5.74) is 1.07. The lowest BCUT2D eigenvalue weighted by molar-refractivity contribution is 0.161. The number of halogens is 1. The molecule has 0 radical (unpaired) electrons. The molecule has 0 atom stereocenters. The van der Waals surface area contributed by atoms with Gasteiger partial charge in [-0.2, -0.15) is 0 Å². The van der Waals surface area contributed by atoms with Gasteiger partial charge < -0.3 is 5.32 Å². The molecule has 2 nitrogen and oxygen atoms in total. The topological polar surface area (TPSA) is 15.3 Å². The highest BCUT2D eigenvalue weighted by atomic mass is 19.1. The van der Waals surface area contributed by atoms with E-state index in [1.54, 1.807) is 12.1 Å². The molecule has 106 valence electrons. The van der Waals surface area contributed by atoms with Gasteiger partial charge in [0.1, 0.15) is 5.82 Å². The first-order valence-electron chi connectivity index (χ1n) is 7.34. The molecule has 1 N–H and O–H groups in total. The van der Waals surface area contributed by atoms with Crippen LogP contribution in [0, 0.1) is 11.7 Å². The van der Waals surface area contributed by atoms with Crippen molar-refractivity contribution in [3.8, 4) is 0 Å². The van der Waals surface area contributed by atoms with E-state index in [0.29, 0.717) is 6.04 Å². The molecule has 1 aliphatic heterocycles. The quantitative estimate of drug-likeness (QED) is 0.879. The Morgan fingerprint density at radius 3 is 2.68 bits per heavy atom. The van der Waals surface area contributed by atoms with Crippen molar-refractivity contribution in [2.75, 3.05) is 19.6 Å². The summed E-state index contributed by atoms with van der Waals surface area (Å²) >= 11 is 0. The lowest BCUT2D eigenvalue weighted by Gasteiger charge is -2.32. The smallest absolute Gasteiger partial charge is 0.123 e. The van der Waals surface area contributed by atoms with Crippen LogP contribution in [0.15, 0.2) is 24.3 Å². The van der Waals surface area contributed by atoms with Crippen LogP contribution in [-0.2, 0) is 6.54 Å². The molecule has 0 spiro atoms. The minimum atomic E-state index is -0.136. The van der Waals surface area contributed by atoms with E-state index in [2.05, 4.69) is 24.1 Å². The van der Waals surface area contributed by atoms with Crippen LogP contribution in [0.25, 0.3) is 0 Å². The van der Waals surface area contributed by atoms with Gasteiger partial charge in [0.05, 0.1) is 0 Å². The normalized spacial score (nSPS) is 17.3. The first-order chi connectivity index (χ1) is 9.15. The second-order valence-electron chi connectivity index (χ2n) is 5.85. The average molecular weight is 264 g/mol. The van der Waals surface area contributed by atoms with Crippen LogP contribution in [0.3, 0.4) is 0 Å². The Bertz CT molecular complexity index is 386. The zero-order valence-electron chi connectivity index (χ0n) is 12.0. The third-order valence-electron chi connectivity index (χ3n) is 3.96. The Hall–Kier alpha value is -0.930. The molecule has 0 amide bonds. The zero-order valence-corrected chi connectivity index (χ0v) is 12.0. The number of rotatable bonds is 5. The molecule has 0 unspecified atom stereocenters. The fraction of sp³-hybridized carbons (Fsp3) is 0.625. The summed E-state index contributed by atoms with van der Waals surface area (Å²) in [5.74, 6) is 0.639. The van der Waals surface area contributed by atoms with Crippen LogP contribution < -0.4 is 5.32 Å². The highest BCUT2D eigenvalue weighted by Crippen LogP contribution is 2.17. The summed E-state index contributed by atoms with van der Waals surface area (Å²) in [6.07, 6.45) is 2.51. The standard InChI is InChI=1S/C16H25FN2/c1-13(2)19(11-14-6-8-18-9-7-14)12-15-4-3-5-16(17)10-15/h3-5,10,13-14,18H,6-9,11-12H2,1-2H3. The molecular formula is C16H25FN2. The van der Waals surface area contributed by atoms with E-state index in [-0.39, 0.29) is 5.82 Å². The average Bonchev–Trinajstić information content (AvgIpc) is 2.39. The van der Waals surface area contributed by atoms with Crippen molar-refractivity contribution in [2.24, 2.45) is 5.92 Å². The molecule has 1 fully saturated rings. The molecular weight excluding hydrogens is 239 g/mol. The van der Waals surface area contributed by atoms with Gasteiger partial charge in [-0.1, -0.05) is 12.1 Å². The van der Waals surface area contributed by atoms with Crippen LogP contribution in [0.5, 0.6) is 0 Å². The highest BCUT2D eigenvalue weighted by Gasteiger charge is 2.19.